The topological polar surface area (TPSA) is 81.8 Å². The molecule has 0 aliphatic rings. The number of ether oxygens (including phenoxy) is 2. The lowest BCUT2D eigenvalue weighted by molar-refractivity contribution is 0.386. The molecule has 7 heteroatoms. The predicted octanol–water partition coefficient (Wildman–Crippen LogP) is 2.78. The number of rotatable bonds is 5. The van der Waals surface area contributed by atoms with Crippen molar-refractivity contribution < 1.29 is 13.9 Å². The van der Waals surface area contributed by atoms with Crippen molar-refractivity contribution in [3.05, 3.63) is 46.9 Å². The van der Waals surface area contributed by atoms with Crippen molar-refractivity contribution in [2.45, 2.75) is 20.4 Å². The van der Waals surface area contributed by atoms with E-state index >= 15 is 0 Å². The van der Waals surface area contributed by atoms with Gasteiger partial charge in [-0.2, -0.15) is 0 Å². The first-order chi connectivity index (χ1) is 11.4. The summed E-state index contributed by atoms with van der Waals surface area (Å²) in [6.07, 6.45) is 0. The van der Waals surface area contributed by atoms with Gasteiger partial charge in [-0.3, -0.25) is 0 Å². The minimum atomic E-state index is -0.476. The summed E-state index contributed by atoms with van der Waals surface area (Å²) in [5.74, 6) is 0.388. The molecule has 1 heterocycles. The van der Waals surface area contributed by atoms with Gasteiger partial charge in [0.15, 0.2) is 17.5 Å². The molecular formula is C17H21FN4O2. The van der Waals surface area contributed by atoms with E-state index in [1.54, 1.807) is 13.2 Å². The maximum absolute atomic E-state index is 13.7. The maximum atomic E-state index is 13.7. The number of nitrogens with two attached hydrogens (primary N) is 1. The van der Waals surface area contributed by atoms with Crippen LogP contribution in [0.5, 0.6) is 11.6 Å². The summed E-state index contributed by atoms with van der Waals surface area (Å²) < 4.78 is 23.8. The van der Waals surface area contributed by atoms with E-state index in [4.69, 9.17) is 15.2 Å². The molecule has 0 saturated carbocycles. The molecule has 24 heavy (non-hydrogen) atoms. The van der Waals surface area contributed by atoms with Crippen LogP contribution >= 0.6 is 0 Å². The Kier molecular flexibility index (Phi) is 5.57. The summed E-state index contributed by atoms with van der Waals surface area (Å²) in [6, 6.07) is 6.42. The molecule has 0 saturated heterocycles. The van der Waals surface area contributed by atoms with Crippen LogP contribution in [0.3, 0.4) is 0 Å². The van der Waals surface area contributed by atoms with E-state index in [0.29, 0.717) is 18.1 Å². The average Bonchev–Trinajstić information content (AvgIpc) is 2.53. The van der Waals surface area contributed by atoms with Crippen LogP contribution < -0.4 is 20.5 Å². The SMILES string of the molecule is COc1ccc(NC(N)=NCc2c(C)cc(C)nc2OC)cc1F. The Morgan fingerprint density at radius 3 is 2.62 bits per heavy atom. The summed E-state index contributed by atoms with van der Waals surface area (Å²) in [5, 5.41) is 2.84. The van der Waals surface area contributed by atoms with Gasteiger partial charge in [0.2, 0.25) is 5.88 Å². The molecule has 0 bridgehead atoms. The van der Waals surface area contributed by atoms with E-state index in [2.05, 4.69) is 15.3 Å². The van der Waals surface area contributed by atoms with Crippen molar-refractivity contribution >= 4 is 11.6 Å². The van der Waals surface area contributed by atoms with Crippen LogP contribution in [0.1, 0.15) is 16.8 Å². The number of halogens is 1. The lowest BCUT2D eigenvalue weighted by Gasteiger charge is -2.11. The predicted molar refractivity (Wildman–Crippen MR) is 92.2 cm³/mol. The van der Waals surface area contributed by atoms with Crippen molar-refractivity contribution in [1.29, 1.82) is 0 Å². The molecule has 0 spiro atoms. The number of hydrogen-bond acceptors (Lipinski definition) is 4. The first-order valence-corrected chi connectivity index (χ1v) is 7.36. The number of hydrogen-bond donors (Lipinski definition) is 2. The van der Waals surface area contributed by atoms with Crippen LogP contribution in [-0.4, -0.2) is 25.2 Å². The van der Waals surface area contributed by atoms with Crippen LogP contribution in [0.25, 0.3) is 0 Å². The Bertz CT molecular complexity index is 762. The second kappa shape index (κ2) is 7.63. The Morgan fingerprint density at radius 2 is 2.00 bits per heavy atom. The van der Waals surface area contributed by atoms with Crippen molar-refractivity contribution in [3.8, 4) is 11.6 Å². The molecule has 0 unspecified atom stereocenters. The van der Waals surface area contributed by atoms with E-state index in [1.807, 2.05) is 19.9 Å². The lowest BCUT2D eigenvalue weighted by atomic mass is 10.1. The highest BCUT2D eigenvalue weighted by molar-refractivity contribution is 5.92. The highest BCUT2D eigenvalue weighted by Gasteiger charge is 2.09. The second-order valence-corrected chi connectivity index (χ2v) is 5.24. The molecule has 0 fully saturated rings. The zero-order chi connectivity index (χ0) is 17.7. The highest BCUT2D eigenvalue weighted by Crippen LogP contribution is 2.22. The number of aryl methyl sites for hydroxylation is 2. The number of guanidine groups is 1. The number of benzene rings is 1. The van der Waals surface area contributed by atoms with Crippen LogP contribution in [0.2, 0.25) is 0 Å². The molecule has 0 radical (unpaired) electrons. The van der Waals surface area contributed by atoms with Crippen molar-refractivity contribution in [3.63, 3.8) is 0 Å². The zero-order valence-corrected chi connectivity index (χ0v) is 14.2. The third-order valence-electron chi connectivity index (χ3n) is 3.46. The Hall–Kier alpha value is -2.83. The van der Waals surface area contributed by atoms with Crippen molar-refractivity contribution in [1.82, 2.24) is 4.98 Å². The first kappa shape index (κ1) is 17.5. The molecule has 1 aromatic carbocycles. The molecule has 0 amide bonds. The molecule has 128 valence electrons. The van der Waals surface area contributed by atoms with E-state index in [9.17, 15) is 4.39 Å². The molecule has 6 nitrogen and oxygen atoms in total. The number of aromatic nitrogens is 1. The van der Waals surface area contributed by atoms with Gasteiger partial charge < -0.3 is 20.5 Å². The summed E-state index contributed by atoms with van der Waals surface area (Å²) in [5.41, 5.74) is 9.10. The van der Waals surface area contributed by atoms with Gasteiger partial charge in [0.25, 0.3) is 0 Å². The van der Waals surface area contributed by atoms with Gasteiger partial charge in [0, 0.05) is 23.0 Å². The monoisotopic (exact) mass is 332 g/mol. The Morgan fingerprint density at radius 1 is 1.25 bits per heavy atom. The quantitative estimate of drug-likeness (QED) is 0.650. The lowest BCUT2D eigenvalue weighted by Crippen LogP contribution is -2.22. The molecule has 0 atom stereocenters. The van der Waals surface area contributed by atoms with Crippen molar-refractivity contribution in [2.75, 3.05) is 19.5 Å². The Labute approximate surface area is 140 Å². The molecule has 0 aliphatic heterocycles. The molecule has 1 aromatic heterocycles. The van der Waals surface area contributed by atoms with E-state index in [1.165, 1.54) is 19.2 Å². The summed E-state index contributed by atoms with van der Waals surface area (Å²) in [6.45, 7) is 4.17. The molecular weight excluding hydrogens is 311 g/mol. The number of nitrogens with zero attached hydrogens (tertiary/aromatic N) is 2. The van der Waals surface area contributed by atoms with Crippen LogP contribution in [0.4, 0.5) is 10.1 Å². The minimum Gasteiger partial charge on any atom is -0.494 e. The normalized spacial score (nSPS) is 11.3. The molecule has 0 aliphatic carbocycles. The number of anilines is 1. The third kappa shape index (κ3) is 4.13. The van der Waals surface area contributed by atoms with Gasteiger partial charge in [-0.25, -0.2) is 14.4 Å². The van der Waals surface area contributed by atoms with Crippen LogP contribution in [0, 0.1) is 19.7 Å². The summed E-state index contributed by atoms with van der Waals surface area (Å²) in [4.78, 5) is 8.60. The van der Waals surface area contributed by atoms with Gasteiger partial charge in [0.05, 0.1) is 20.8 Å². The second-order valence-electron chi connectivity index (χ2n) is 5.24. The highest BCUT2D eigenvalue weighted by atomic mass is 19.1. The number of nitrogens with one attached hydrogen (secondary N) is 1. The van der Waals surface area contributed by atoms with Gasteiger partial charge in [-0.15, -0.1) is 0 Å². The fourth-order valence-corrected chi connectivity index (χ4v) is 2.29. The fraction of sp³-hybridized carbons (Fsp3) is 0.294. The molecule has 2 aromatic rings. The number of pyridine rings is 1. The van der Waals surface area contributed by atoms with Crippen LogP contribution in [0.15, 0.2) is 29.3 Å². The first-order valence-electron chi connectivity index (χ1n) is 7.36. The van der Waals surface area contributed by atoms with Gasteiger partial charge in [0.1, 0.15) is 0 Å². The number of aliphatic imine (C=N–C) groups is 1. The molecule has 2 rings (SSSR count). The third-order valence-corrected chi connectivity index (χ3v) is 3.46. The van der Waals surface area contributed by atoms with Gasteiger partial charge >= 0.3 is 0 Å². The molecule has 3 N–H and O–H groups in total. The summed E-state index contributed by atoms with van der Waals surface area (Å²) >= 11 is 0. The van der Waals surface area contributed by atoms with Crippen LogP contribution in [-0.2, 0) is 6.54 Å². The van der Waals surface area contributed by atoms with E-state index in [-0.39, 0.29) is 11.7 Å². The number of methoxy groups -OCH3 is 2. The average molecular weight is 332 g/mol. The Balaban J connectivity index is 2.14. The van der Waals surface area contributed by atoms with E-state index < -0.39 is 5.82 Å². The van der Waals surface area contributed by atoms with Crippen molar-refractivity contribution in [2.24, 2.45) is 10.7 Å². The zero-order valence-electron chi connectivity index (χ0n) is 14.2. The van der Waals surface area contributed by atoms with Gasteiger partial charge in [-0.1, -0.05) is 0 Å². The standard InChI is InChI=1S/C17H21FN4O2/c1-10-7-11(2)21-16(24-4)13(10)9-20-17(19)22-12-5-6-15(23-3)14(18)8-12/h5-8H,9H2,1-4H3,(H3,19,20,22). The fourth-order valence-electron chi connectivity index (χ4n) is 2.29. The van der Waals surface area contributed by atoms with Gasteiger partial charge in [-0.05, 0) is 37.6 Å². The maximum Gasteiger partial charge on any atom is 0.218 e. The largest absolute Gasteiger partial charge is 0.494 e. The smallest absolute Gasteiger partial charge is 0.218 e. The van der Waals surface area contributed by atoms with E-state index in [0.717, 1.165) is 16.8 Å². The summed E-state index contributed by atoms with van der Waals surface area (Å²) in [7, 11) is 2.98. The minimum absolute atomic E-state index is 0.168.